The molecule has 1 N–H and O–H groups in total. The number of rotatable bonds is 6. The second-order valence-electron chi connectivity index (χ2n) is 4.02. The van der Waals surface area contributed by atoms with Crippen LogP contribution in [0.4, 0.5) is 5.95 Å². The van der Waals surface area contributed by atoms with E-state index in [1.54, 1.807) is 0 Å². The molecule has 3 nitrogen and oxygen atoms in total. The van der Waals surface area contributed by atoms with Gasteiger partial charge in [0.1, 0.15) is 0 Å². The highest BCUT2D eigenvalue weighted by Gasteiger charge is 2.25. The maximum absolute atomic E-state index is 4.33. The predicted octanol–water partition coefficient (Wildman–Crippen LogP) is 2.82. The molecule has 78 valence electrons. The molecular formula is C11H19N3. The predicted molar refractivity (Wildman–Crippen MR) is 58.5 cm³/mol. The van der Waals surface area contributed by atoms with E-state index in [1.807, 2.05) is 6.20 Å². The molecule has 0 atom stereocenters. The largest absolute Gasteiger partial charge is 0.356 e. The maximum atomic E-state index is 4.33. The van der Waals surface area contributed by atoms with Gasteiger partial charge in [-0.1, -0.05) is 19.8 Å². The third kappa shape index (κ3) is 2.28. The van der Waals surface area contributed by atoms with Crippen LogP contribution < -0.4 is 5.32 Å². The second kappa shape index (κ2) is 4.49. The van der Waals surface area contributed by atoms with Gasteiger partial charge in [0, 0.05) is 25.0 Å². The first kappa shape index (κ1) is 9.56. The zero-order chi connectivity index (χ0) is 9.80. The summed E-state index contributed by atoms with van der Waals surface area (Å²) in [4.78, 5) is 4.33. The number of unbranched alkanes of at least 4 members (excludes halogenated alkanes) is 2. The Labute approximate surface area is 85.5 Å². The van der Waals surface area contributed by atoms with Gasteiger partial charge in [0.2, 0.25) is 5.95 Å². The van der Waals surface area contributed by atoms with Crippen LogP contribution in [0.15, 0.2) is 12.4 Å². The first-order valence-corrected chi connectivity index (χ1v) is 5.68. The van der Waals surface area contributed by atoms with Crippen molar-refractivity contribution in [3.63, 3.8) is 0 Å². The minimum atomic E-state index is 0.728. The van der Waals surface area contributed by atoms with Crippen LogP contribution in [0, 0.1) is 0 Å². The summed E-state index contributed by atoms with van der Waals surface area (Å²) in [6, 6.07) is 0.728. The lowest BCUT2D eigenvalue weighted by atomic mass is 10.2. The number of aromatic nitrogens is 2. The van der Waals surface area contributed by atoms with Crippen LogP contribution in [0.3, 0.4) is 0 Å². The Bertz CT molecular complexity index is 276. The van der Waals surface area contributed by atoms with Gasteiger partial charge in [0.25, 0.3) is 0 Å². The van der Waals surface area contributed by atoms with Gasteiger partial charge in [0.05, 0.1) is 0 Å². The fraction of sp³-hybridized carbons (Fsp3) is 0.727. The number of imidazole rings is 1. The number of nitrogens with zero attached hydrogens (tertiary/aromatic N) is 2. The monoisotopic (exact) mass is 193 g/mol. The van der Waals surface area contributed by atoms with Gasteiger partial charge in [-0.05, 0) is 19.3 Å². The molecule has 1 saturated carbocycles. The van der Waals surface area contributed by atoms with Gasteiger partial charge in [0.15, 0.2) is 0 Å². The van der Waals surface area contributed by atoms with Crippen molar-refractivity contribution in [2.45, 2.75) is 45.1 Å². The molecule has 0 saturated heterocycles. The molecule has 0 amide bonds. The lowest BCUT2D eigenvalue weighted by Gasteiger charge is -2.07. The van der Waals surface area contributed by atoms with Gasteiger partial charge in [-0.25, -0.2) is 4.98 Å². The smallest absolute Gasteiger partial charge is 0.203 e. The molecule has 0 aliphatic heterocycles. The van der Waals surface area contributed by atoms with E-state index in [9.17, 15) is 0 Å². The van der Waals surface area contributed by atoms with Gasteiger partial charge < -0.3 is 9.88 Å². The Morgan fingerprint density at radius 3 is 3.07 bits per heavy atom. The Morgan fingerprint density at radius 2 is 2.36 bits per heavy atom. The van der Waals surface area contributed by atoms with Crippen LogP contribution >= 0.6 is 0 Å². The van der Waals surface area contributed by atoms with Gasteiger partial charge in [-0.2, -0.15) is 0 Å². The molecule has 0 unspecified atom stereocenters. The quantitative estimate of drug-likeness (QED) is 0.704. The van der Waals surface area contributed by atoms with E-state index in [2.05, 4.69) is 28.0 Å². The molecule has 0 bridgehead atoms. The topological polar surface area (TPSA) is 29.9 Å². The molecule has 1 aliphatic rings. The van der Waals surface area contributed by atoms with Crippen LogP contribution in [0.1, 0.15) is 45.1 Å². The van der Waals surface area contributed by atoms with E-state index in [1.165, 1.54) is 32.1 Å². The van der Waals surface area contributed by atoms with Gasteiger partial charge in [-0.3, -0.25) is 0 Å². The summed E-state index contributed by atoms with van der Waals surface area (Å²) in [5.41, 5.74) is 0. The fourth-order valence-electron chi connectivity index (χ4n) is 1.67. The van der Waals surface area contributed by atoms with Crippen LogP contribution in [-0.4, -0.2) is 16.1 Å². The maximum Gasteiger partial charge on any atom is 0.203 e. The van der Waals surface area contributed by atoms with Crippen molar-refractivity contribution in [2.75, 3.05) is 11.9 Å². The van der Waals surface area contributed by atoms with Crippen molar-refractivity contribution in [3.05, 3.63) is 12.4 Å². The molecule has 0 aromatic carbocycles. The van der Waals surface area contributed by atoms with Crippen molar-refractivity contribution in [3.8, 4) is 0 Å². The molecule has 3 heteroatoms. The van der Waals surface area contributed by atoms with E-state index < -0.39 is 0 Å². The summed E-state index contributed by atoms with van der Waals surface area (Å²) < 4.78 is 2.27. The van der Waals surface area contributed by atoms with E-state index in [-0.39, 0.29) is 0 Å². The van der Waals surface area contributed by atoms with Crippen molar-refractivity contribution >= 4 is 5.95 Å². The van der Waals surface area contributed by atoms with E-state index in [0.717, 1.165) is 18.5 Å². The third-order valence-corrected chi connectivity index (χ3v) is 2.67. The lowest BCUT2D eigenvalue weighted by molar-refractivity contribution is 0.714. The number of hydrogen-bond acceptors (Lipinski definition) is 2. The first-order valence-electron chi connectivity index (χ1n) is 5.68. The third-order valence-electron chi connectivity index (χ3n) is 2.67. The zero-order valence-corrected chi connectivity index (χ0v) is 8.87. The Balaban J connectivity index is 1.80. The molecule has 1 fully saturated rings. The molecule has 0 spiro atoms. The molecule has 1 aromatic heterocycles. The van der Waals surface area contributed by atoms with E-state index >= 15 is 0 Å². The number of anilines is 1. The number of nitrogens with one attached hydrogen (secondary N) is 1. The molecule has 1 aromatic rings. The minimum Gasteiger partial charge on any atom is -0.356 e. The van der Waals surface area contributed by atoms with Crippen LogP contribution in [-0.2, 0) is 0 Å². The van der Waals surface area contributed by atoms with Crippen LogP contribution in [0.5, 0.6) is 0 Å². The molecular weight excluding hydrogens is 174 g/mol. The summed E-state index contributed by atoms with van der Waals surface area (Å²) in [6.45, 7) is 3.28. The van der Waals surface area contributed by atoms with Crippen molar-refractivity contribution in [2.24, 2.45) is 0 Å². The summed E-state index contributed by atoms with van der Waals surface area (Å²) in [5, 5.41) is 3.40. The highest BCUT2D eigenvalue weighted by Crippen LogP contribution is 2.36. The Kier molecular flexibility index (Phi) is 3.07. The summed E-state index contributed by atoms with van der Waals surface area (Å²) in [7, 11) is 0. The highest BCUT2D eigenvalue weighted by atomic mass is 15.2. The minimum absolute atomic E-state index is 0.728. The van der Waals surface area contributed by atoms with Gasteiger partial charge in [-0.15, -0.1) is 0 Å². The highest BCUT2D eigenvalue weighted by molar-refractivity contribution is 5.27. The average molecular weight is 193 g/mol. The summed E-state index contributed by atoms with van der Waals surface area (Å²) in [5.74, 6) is 1.06. The summed E-state index contributed by atoms with van der Waals surface area (Å²) >= 11 is 0. The molecule has 1 heterocycles. The van der Waals surface area contributed by atoms with E-state index in [0.29, 0.717) is 0 Å². The normalized spacial score (nSPS) is 15.8. The van der Waals surface area contributed by atoms with Crippen molar-refractivity contribution in [1.82, 2.24) is 9.55 Å². The Hall–Kier alpha value is -0.990. The second-order valence-corrected chi connectivity index (χ2v) is 4.02. The zero-order valence-electron chi connectivity index (χ0n) is 8.87. The molecule has 2 rings (SSSR count). The van der Waals surface area contributed by atoms with Crippen molar-refractivity contribution < 1.29 is 0 Å². The summed E-state index contributed by atoms with van der Waals surface area (Å²) in [6.07, 6.45) is 10.4. The molecule has 14 heavy (non-hydrogen) atoms. The standard InChI is InChI=1S/C11H19N3/c1-2-3-4-7-12-11-13-8-9-14(11)10-5-6-10/h8-10H,2-7H2,1H3,(H,12,13). The lowest BCUT2D eigenvalue weighted by Crippen LogP contribution is -2.07. The SMILES string of the molecule is CCCCCNc1nccn1C1CC1. The van der Waals surface area contributed by atoms with Crippen LogP contribution in [0.25, 0.3) is 0 Å². The van der Waals surface area contributed by atoms with E-state index in [4.69, 9.17) is 0 Å². The fourth-order valence-corrected chi connectivity index (χ4v) is 1.67. The van der Waals surface area contributed by atoms with Crippen molar-refractivity contribution in [1.29, 1.82) is 0 Å². The van der Waals surface area contributed by atoms with Gasteiger partial charge >= 0.3 is 0 Å². The molecule has 0 radical (unpaired) electrons. The Morgan fingerprint density at radius 1 is 1.50 bits per heavy atom. The first-order chi connectivity index (χ1) is 6.92. The molecule has 1 aliphatic carbocycles. The van der Waals surface area contributed by atoms with Crippen LogP contribution in [0.2, 0.25) is 0 Å². The average Bonchev–Trinajstić information content (AvgIpc) is 2.94. The number of hydrogen-bond donors (Lipinski definition) is 1.